The second-order valence-electron chi connectivity index (χ2n) is 3.92. The topological polar surface area (TPSA) is 15.3 Å². The highest BCUT2D eigenvalue weighted by molar-refractivity contribution is 7.99. The van der Waals surface area contributed by atoms with Crippen molar-refractivity contribution in [2.75, 3.05) is 23.9 Å². The van der Waals surface area contributed by atoms with Crippen molar-refractivity contribution in [3.05, 3.63) is 30.3 Å². The van der Waals surface area contributed by atoms with E-state index in [1.165, 1.54) is 17.9 Å². The number of hydrogen-bond acceptors (Lipinski definition) is 2. The first kappa shape index (κ1) is 11.7. The summed E-state index contributed by atoms with van der Waals surface area (Å²) in [5, 5.41) is 4.08. The second-order valence-corrected chi connectivity index (χ2v) is 5.46. The summed E-state index contributed by atoms with van der Waals surface area (Å²) in [6.45, 7) is 0. The molecule has 1 heterocycles. The summed E-state index contributed by atoms with van der Waals surface area (Å²) >= 11 is 7.41. The van der Waals surface area contributed by atoms with E-state index < -0.39 is 0 Å². The van der Waals surface area contributed by atoms with Gasteiger partial charge >= 0.3 is 0 Å². The van der Waals surface area contributed by atoms with Crippen LogP contribution in [-0.2, 0) is 0 Å². The molecule has 1 unspecified atom stereocenters. The van der Waals surface area contributed by atoms with Gasteiger partial charge in [-0.25, -0.2) is 0 Å². The van der Waals surface area contributed by atoms with Crippen LogP contribution in [0.5, 0.6) is 0 Å². The van der Waals surface area contributed by atoms with Crippen molar-refractivity contribution < 1.29 is 0 Å². The quantitative estimate of drug-likeness (QED) is 0.814. The largest absolute Gasteiger partial charge is 0.348 e. The maximum absolute atomic E-state index is 5.40. The third-order valence-corrected chi connectivity index (χ3v) is 4.33. The van der Waals surface area contributed by atoms with Crippen LogP contribution < -0.4 is 5.32 Å². The molecule has 0 amide bonds. The molecule has 86 valence electrons. The van der Waals surface area contributed by atoms with Crippen molar-refractivity contribution in [1.29, 1.82) is 0 Å². The molecule has 16 heavy (non-hydrogen) atoms. The van der Waals surface area contributed by atoms with Crippen LogP contribution in [0.2, 0.25) is 0 Å². The number of para-hydroxylation sites is 1. The highest BCUT2D eigenvalue weighted by Gasteiger charge is 2.21. The molecule has 1 aliphatic rings. The van der Waals surface area contributed by atoms with Crippen molar-refractivity contribution in [3.8, 4) is 0 Å². The molecule has 1 atom stereocenters. The third-order valence-electron chi connectivity index (χ3n) is 2.80. The molecule has 1 N–H and O–H groups in total. The summed E-state index contributed by atoms with van der Waals surface area (Å²) < 4.78 is 0. The summed E-state index contributed by atoms with van der Waals surface area (Å²) in [6, 6.07) is 10.7. The van der Waals surface area contributed by atoms with Gasteiger partial charge in [-0.3, -0.25) is 0 Å². The molecule has 0 radical (unpaired) electrons. The monoisotopic (exact) mass is 252 g/mol. The van der Waals surface area contributed by atoms with Gasteiger partial charge in [0.25, 0.3) is 0 Å². The predicted octanol–water partition coefficient (Wildman–Crippen LogP) is 2.82. The lowest BCUT2D eigenvalue weighted by Crippen LogP contribution is -2.39. The lowest BCUT2D eigenvalue weighted by molar-refractivity contribution is 0.403. The zero-order chi connectivity index (χ0) is 11.4. The molecular formula is C12H16N2S2. The van der Waals surface area contributed by atoms with Gasteiger partial charge in [-0.1, -0.05) is 18.2 Å². The minimum atomic E-state index is 0.591. The Morgan fingerprint density at radius 2 is 2.19 bits per heavy atom. The Bertz CT molecular complexity index is 347. The molecule has 2 nitrogen and oxygen atoms in total. The maximum Gasteiger partial charge on any atom is 0.173 e. The number of thiocarbonyl (C=S) groups is 1. The van der Waals surface area contributed by atoms with Crippen LogP contribution in [0.4, 0.5) is 5.69 Å². The lowest BCUT2D eigenvalue weighted by Gasteiger charge is -2.26. The summed E-state index contributed by atoms with van der Waals surface area (Å²) in [5.74, 6) is 2.44. The Morgan fingerprint density at radius 3 is 2.81 bits per heavy atom. The van der Waals surface area contributed by atoms with E-state index >= 15 is 0 Å². The van der Waals surface area contributed by atoms with Gasteiger partial charge in [0.2, 0.25) is 0 Å². The first-order valence-corrected chi connectivity index (χ1v) is 7.00. The van der Waals surface area contributed by atoms with Crippen LogP contribution in [-0.4, -0.2) is 34.6 Å². The van der Waals surface area contributed by atoms with Crippen molar-refractivity contribution in [1.82, 2.24) is 4.90 Å². The van der Waals surface area contributed by atoms with Gasteiger partial charge in [0.1, 0.15) is 0 Å². The standard InChI is InChI=1S/C12H16N2S2/c1-14(11-7-8-16-9-11)12(15)13-10-5-3-2-4-6-10/h2-6,11H,7-9H2,1H3,(H,13,15). The highest BCUT2D eigenvalue weighted by Crippen LogP contribution is 2.22. The molecule has 0 aliphatic carbocycles. The lowest BCUT2D eigenvalue weighted by atomic mass is 10.2. The summed E-state index contributed by atoms with van der Waals surface area (Å²) in [4.78, 5) is 2.18. The molecule has 1 aliphatic heterocycles. The first-order valence-electron chi connectivity index (χ1n) is 5.44. The van der Waals surface area contributed by atoms with E-state index in [-0.39, 0.29) is 0 Å². The molecule has 0 aromatic heterocycles. The number of thioether (sulfide) groups is 1. The fraction of sp³-hybridized carbons (Fsp3) is 0.417. The molecule has 0 saturated carbocycles. The maximum atomic E-state index is 5.40. The van der Waals surface area contributed by atoms with Crippen LogP contribution in [0.15, 0.2) is 30.3 Å². The fourth-order valence-electron chi connectivity index (χ4n) is 1.73. The van der Waals surface area contributed by atoms with E-state index in [1.54, 1.807) is 0 Å². The number of rotatable bonds is 2. The number of benzene rings is 1. The Kier molecular flexibility index (Phi) is 4.07. The van der Waals surface area contributed by atoms with Crippen LogP contribution >= 0.6 is 24.0 Å². The molecule has 1 aromatic carbocycles. The average Bonchev–Trinajstić information content (AvgIpc) is 2.83. The van der Waals surface area contributed by atoms with Gasteiger partial charge in [0, 0.05) is 24.5 Å². The number of anilines is 1. The van der Waals surface area contributed by atoms with Crippen molar-refractivity contribution in [2.45, 2.75) is 12.5 Å². The van der Waals surface area contributed by atoms with Crippen LogP contribution in [0.25, 0.3) is 0 Å². The third kappa shape index (κ3) is 2.89. The smallest absolute Gasteiger partial charge is 0.173 e. The van der Waals surface area contributed by atoms with Crippen LogP contribution in [0, 0.1) is 0 Å². The molecule has 0 bridgehead atoms. The highest BCUT2D eigenvalue weighted by atomic mass is 32.2. The van der Waals surface area contributed by atoms with Crippen molar-refractivity contribution in [2.24, 2.45) is 0 Å². The van der Waals surface area contributed by atoms with E-state index in [0.29, 0.717) is 6.04 Å². The van der Waals surface area contributed by atoms with Gasteiger partial charge in [0.15, 0.2) is 5.11 Å². The van der Waals surface area contributed by atoms with Gasteiger partial charge < -0.3 is 10.2 Å². The van der Waals surface area contributed by atoms with Crippen LogP contribution in [0.1, 0.15) is 6.42 Å². The van der Waals surface area contributed by atoms with Crippen LogP contribution in [0.3, 0.4) is 0 Å². The molecule has 4 heteroatoms. The number of nitrogens with zero attached hydrogens (tertiary/aromatic N) is 1. The van der Waals surface area contributed by atoms with E-state index in [4.69, 9.17) is 12.2 Å². The molecular weight excluding hydrogens is 236 g/mol. The molecule has 1 aromatic rings. The Morgan fingerprint density at radius 1 is 1.44 bits per heavy atom. The van der Waals surface area contributed by atoms with Gasteiger partial charge in [-0.2, -0.15) is 11.8 Å². The van der Waals surface area contributed by atoms with E-state index in [1.807, 2.05) is 42.1 Å². The summed E-state index contributed by atoms with van der Waals surface area (Å²) in [7, 11) is 2.08. The van der Waals surface area contributed by atoms with Gasteiger partial charge in [-0.15, -0.1) is 0 Å². The number of nitrogens with one attached hydrogen (secondary N) is 1. The first-order chi connectivity index (χ1) is 7.77. The molecule has 2 rings (SSSR count). The Hall–Kier alpha value is -0.740. The zero-order valence-corrected chi connectivity index (χ0v) is 11.0. The number of hydrogen-bond donors (Lipinski definition) is 1. The zero-order valence-electron chi connectivity index (χ0n) is 9.35. The molecule has 0 spiro atoms. The minimum absolute atomic E-state index is 0.591. The van der Waals surface area contributed by atoms with E-state index in [9.17, 15) is 0 Å². The van der Waals surface area contributed by atoms with E-state index in [2.05, 4.69) is 17.3 Å². The fourth-order valence-corrected chi connectivity index (χ4v) is 3.26. The molecule has 1 saturated heterocycles. The van der Waals surface area contributed by atoms with Gasteiger partial charge in [-0.05, 0) is 36.5 Å². The van der Waals surface area contributed by atoms with Gasteiger partial charge in [0.05, 0.1) is 0 Å². The normalized spacial score (nSPS) is 19.4. The minimum Gasteiger partial charge on any atom is -0.348 e. The SMILES string of the molecule is CN(C(=S)Nc1ccccc1)C1CCSC1. The Labute approximate surface area is 106 Å². The summed E-state index contributed by atoms with van der Waals surface area (Å²) in [6.07, 6.45) is 1.23. The van der Waals surface area contributed by atoms with Crippen molar-refractivity contribution in [3.63, 3.8) is 0 Å². The molecule has 1 fully saturated rings. The predicted molar refractivity (Wildman–Crippen MR) is 76.2 cm³/mol. The summed E-state index contributed by atoms with van der Waals surface area (Å²) in [5.41, 5.74) is 1.06. The Balaban J connectivity index is 1.92. The average molecular weight is 252 g/mol. The van der Waals surface area contributed by atoms with Crippen molar-refractivity contribution >= 4 is 34.8 Å². The second kappa shape index (κ2) is 5.55. The van der Waals surface area contributed by atoms with E-state index in [0.717, 1.165) is 10.8 Å².